The minimum Gasteiger partial charge on any atom is -0.378 e. The van der Waals surface area contributed by atoms with E-state index in [0.717, 1.165) is 12.1 Å². The van der Waals surface area contributed by atoms with Crippen LogP contribution in [0.3, 0.4) is 0 Å². The van der Waals surface area contributed by atoms with E-state index < -0.39 is 5.54 Å². The normalized spacial score (nSPS) is 25.4. The molecule has 0 saturated heterocycles. The quantitative estimate of drug-likeness (QED) is 0.805. The smallest absolute Gasteiger partial charge is 0.240 e. The van der Waals surface area contributed by atoms with Gasteiger partial charge in [-0.3, -0.25) is 4.79 Å². The van der Waals surface area contributed by atoms with Crippen LogP contribution in [-0.4, -0.2) is 35.7 Å². The Bertz CT molecular complexity index is 471. The van der Waals surface area contributed by atoms with E-state index >= 15 is 0 Å². The van der Waals surface area contributed by atoms with Gasteiger partial charge in [-0.2, -0.15) is 0 Å². The molecule has 3 N–H and O–H groups in total. The highest BCUT2D eigenvalue weighted by Gasteiger charge is 2.62. The van der Waals surface area contributed by atoms with Crippen LogP contribution in [0.15, 0.2) is 10.9 Å². The highest BCUT2D eigenvalue weighted by molar-refractivity contribution is 7.07. The van der Waals surface area contributed by atoms with Gasteiger partial charge in [-0.15, -0.1) is 36.2 Å². The number of aromatic nitrogens is 1. The number of nitrogens with zero attached hydrogens (tertiary/aromatic N) is 1. The third kappa shape index (κ3) is 3.92. The number of ether oxygens (including phenoxy) is 1. The van der Waals surface area contributed by atoms with Gasteiger partial charge in [-0.25, -0.2) is 4.98 Å². The molecule has 0 spiro atoms. The van der Waals surface area contributed by atoms with Gasteiger partial charge in [0.25, 0.3) is 0 Å². The van der Waals surface area contributed by atoms with Crippen LogP contribution in [-0.2, 0) is 16.0 Å². The van der Waals surface area contributed by atoms with E-state index in [2.05, 4.69) is 10.3 Å². The zero-order valence-corrected chi connectivity index (χ0v) is 15.6. The topological polar surface area (TPSA) is 77.2 Å². The van der Waals surface area contributed by atoms with Gasteiger partial charge in [0.05, 0.1) is 17.3 Å². The Morgan fingerprint density at radius 3 is 2.73 bits per heavy atom. The lowest BCUT2D eigenvalue weighted by molar-refractivity contribution is -0.170. The Balaban J connectivity index is 0.00000220. The Labute approximate surface area is 148 Å². The summed E-state index contributed by atoms with van der Waals surface area (Å²) in [4.78, 5) is 16.5. The number of nitrogens with one attached hydrogen (secondary N) is 1. The van der Waals surface area contributed by atoms with Crippen molar-refractivity contribution in [2.75, 3.05) is 13.2 Å². The van der Waals surface area contributed by atoms with Crippen LogP contribution in [0, 0.1) is 5.41 Å². The molecule has 1 aliphatic rings. The number of rotatable bonds is 6. The fraction of sp³-hybridized carbons (Fsp3) is 0.714. The van der Waals surface area contributed by atoms with Gasteiger partial charge in [-0.1, -0.05) is 13.8 Å². The number of carbonyl (C=O) groups excluding carboxylic acids is 1. The van der Waals surface area contributed by atoms with Crippen LogP contribution >= 0.6 is 36.2 Å². The van der Waals surface area contributed by atoms with Crippen LogP contribution < -0.4 is 11.1 Å². The molecule has 1 saturated carbocycles. The maximum Gasteiger partial charge on any atom is 0.240 e. The lowest BCUT2D eigenvalue weighted by Gasteiger charge is -2.57. The zero-order chi connectivity index (χ0) is 14.8. The third-order valence-electron chi connectivity index (χ3n) is 4.39. The lowest BCUT2D eigenvalue weighted by atomic mass is 9.54. The molecule has 5 nitrogen and oxygen atoms in total. The van der Waals surface area contributed by atoms with E-state index in [-0.39, 0.29) is 42.2 Å². The zero-order valence-electron chi connectivity index (χ0n) is 13.1. The molecule has 2 unspecified atom stereocenters. The number of amides is 1. The van der Waals surface area contributed by atoms with E-state index in [9.17, 15) is 4.79 Å². The molecule has 2 atom stereocenters. The summed E-state index contributed by atoms with van der Waals surface area (Å²) >= 11 is 1.56. The molecule has 1 aliphatic carbocycles. The molecule has 0 radical (unpaired) electrons. The van der Waals surface area contributed by atoms with Gasteiger partial charge in [0.15, 0.2) is 0 Å². The monoisotopic (exact) mass is 369 g/mol. The van der Waals surface area contributed by atoms with Gasteiger partial charge in [0, 0.05) is 36.8 Å². The summed E-state index contributed by atoms with van der Waals surface area (Å²) < 4.78 is 5.63. The number of carbonyl (C=O) groups is 1. The van der Waals surface area contributed by atoms with Crippen LogP contribution in [0.25, 0.3) is 0 Å². The second-order valence-corrected chi connectivity index (χ2v) is 6.55. The number of halogens is 2. The number of thiazole rings is 1. The number of nitrogens with two attached hydrogens (primary N) is 1. The predicted octanol–water partition coefficient (Wildman–Crippen LogP) is 2.18. The molecule has 22 heavy (non-hydrogen) atoms. The second kappa shape index (κ2) is 8.45. The Morgan fingerprint density at radius 1 is 1.55 bits per heavy atom. The highest BCUT2D eigenvalue weighted by Crippen LogP contribution is 2.49. The molecule has 2 rings (SSSR count). The molecule has 0 aromatic carbocycles. The van der Waals surface area contributed by atoms with Crippen molar-refractivity contribution in [1.82, 2.24) is 10.3 Å². The maximum atomic E-state index is 12.3. The summed E-state index contributed by atoms with van der Waals surface area (Å²) in [6.07, 6.45) is 1.37. The molecule has 8 heteroatoms. The van der Waals surface area contributed by atoms with Crippen molar-refractivity contribution in [3.05, 3.63) is 16.6 Å². The fourth-order valence-corrected chi connectivity index (χ4v) is 3.24. The van der Waals surface area contributed by atoms with E-state index in [1.54, 1.807) is 16.8 Å². The number of hydrogen-bond acceptors (Lipinski definition) is 5. The van der Waals surface area contributed by atoms with E-state index in [0.29, 0.717) is 19.6 Å². The summed E-state index contributed by atoms with van der Waals surface area (Å²) in [6, 6.07) is 0. The minimum atomic E-state index is -0.838. The molecular weight excluding hydrogens is 345 g/mol. The molecule has 0 bridgehead atoms. The Morgan fingerprint density at radius 2 is 2.23 bits per heavy atom. The first-order valence-corrected chi connectivity index (χ1v) is 7.92. The average Bonchev–Trinajstić information content (AvgIpc) is 2.91. The standard InChI is InChI=1S/C14H23N3O2S.2ClH/c1-4-19-11-7-14(15,13(11,2)3)12(18)16-6-5-10-8-20-9-17-10;;/h8-9,11H,4-7,15H2,1-3H3,(H,16,18);2*1H. The first-order chi connectivity index (χ1) is 9.41. The summed E-state index contributed by atoms with van der Waals surface area (Å²) in [6.45, 7) is 7.17. The van der Waals surface area contributed by atoms with E-state index in [1.165, 1.54) is 0 Å². The second-order valence-electron chi connectivity index (χ2n) is 5.83. The van der Waals surface area contributed by atoms with Crippen LogP contribution in [0.4, 0.5) is 0 Å². The number of hydrogen-bond donors (Lipinski definition) is 2. The highest BCUT2D eigenvalue weighted by atomic mass is 35.5. The van der Waals surface area contributed by atoms with Crippen LogP contribution in [0.1, 0.15) is 32.9 Å². The predicted molar refractivity (Wildman–Crippen MR) is 94.1 cm³/mol. The van der Waals surface area contributed by atoms with Crippen molar-refractivity contribution in [2.24, 2.45) is 11.1 Å². The molecule has 0 aliphatic heterocycles. The van der Waals surface area contributed by atoms with Crippen molar-refractivity contribution in [2.45, 2.75) is 45.3 Å². The summed E-state index contributed by atoms with van der Waals surface area (Å²) in [5.74, 6) is -0.0892. The van der Waals surface area contributed by atoms with Gasteiger partial charge < -0.3 is 15.8 Å². The first kappa shape index (κ1) is 21.6. The van der Waals surface area contributed by atoms with E-state index in [1.807, 2.05) is 26.2 Å². The van der Waals surface area contributed by atoms with Crippen LogP contribution in [0.2, 0.25) is 0 Å². The molecule has 1 aromatic heterocycles. The van der Waals surface area contributed by atoms with E-state index in [4.69, 9.17) is 10.5 Å². The summed E-state index contributed by atoms with van der Waals surface area (Å²) in [5.41, 5.74) is 7.92. The molecule has 1 fully saturated rings. The molecular formula is C14H25Cl2N3O2S. The maximum absolute atomic E-state index is 12.3. The van der Waals surface area contributed by atoms with Crippen molar-refractivity contribution < 1.29 is 9.53 Å². The van der Waals surface area contributed by atoms with Gasteiger partial charge in [0.2, 0.25) is 5.91 Å². The minimum absolute atomic E-state index is 0. The SMILES string of the molecule is CCOC1CC(N)(C(=O)NCCc2cscn2)C1(C)C.Cl.Cl. The average molecular weight is 370 g/mol. The summed E-state index contributed by atoms with van der Waals surface area (Å²) in [7, 11) is 0. The van der Waals surface area contributed by atoms with Crippen molar-refractivity contribution in [1.29, 1.82) is 0 Å². The summed E-state index contributed by atoms with van der Waals surface area (Å²) in [5, 5.41) is 4.92. The van der Waals surface area contributed by atoms with Crippen molar-refractivity contribution in [3.63, 3.8) is 0 Å². The van der Waals surface area contributed by atoms with Gasteiger partial charge in [-0.05, 0) is 6.92 Å². The van der Waals surface area contributed by atoms with Gasteiger partial charge in [0.1, 0.15) is 5.54 Å². The Hall–Kier alpha value is -0.400. The lowest BCUT2D eigenvalue weighted by Crippen LogP contribution is -2.75. The molecule has 1 amide bonds. The largest absolute Gasteiger partial charge is 0.378 e. The fourth-order valence-electron chi connectivity index (χ4n) is 2.64. The molecule has 1 heterocycles. The Kier molecular flexibility index (Phi) is 8.30. The molecule has 1 aromatic rings. The van der Waals surface area contributed by atoms with Gasteiger partial charge >= 0.3 is 0 Å². The van der Waals surface area contributed by atoms with Crippen molar-refractivity contribution >= 4 is 42.1 Å². The first-order valence-electron chi connectivity index (χ1n) is 6.97. The molecule has 128 valence electrons. The van der Waals surface area contributed by atoms with Crippen LogP contribution in [0.5, 0.6) is 0 Å². The third-order valence-corrected chi connectivity index (χ3v) is 5.02. The van der Waals surface area contributed by atoms with Crippen molar-refractivity contribution in [3.8, 4) is 0 Å².